The predicted molar refractivity (Wildman–Crippen MR) is 133 cm³/mol. The Morgan fingerprint density at radius 1 is 0.567 bits per heavy atom. The van der Waals surface area contributed by atoms with Crippen LogP contribution < -0.4 is 0 Å². The summed E-state index contributed by atoms with van der Waals surface area (Å²) >= 11 is 0. The first-order valence-corrected chi connectivity index (χ1v) is 10.4. The van der Waals surface area contributed by atoms with Crippen LogP contribution in [0.2, 0.25) is 0 Å². The van der Waals surface area contributed by atoms with Crippen LogP contribution in [0.5, 0.6) is 0 Å². The third-order valence-electron chi connectivity index (χ3n) is 5.88. The third kappa shape index (κ3) is 6.33. The van der Waals surface area contributed by atoms with Gasteiger partial charge in [-0.3, -0.25) is 19.4 Å². The van der Waals surface area contributed by atoms with E-state index < -0.39 is 0 Å². The Morgan fingerprint density at radius 2 is 0.867 bits per heavy atom. The van der Waals surface area contributed by atoms with Gasteiger partial charge in [-0.15, -0.1) is 34.0 Å². The van der Waals surface area contributed by atoms with Crippen LogP contribution in [0.4, 0.5) is 0 Å². The lowest BCUT2D eigenvalue weighted by molar-refractivity contribution is 0.0937. The second-order valence-corrected chi connectivity index (χ2v) is 7.97. The molecule has 2 aromatic rings. The van der Waals surface area contributed by atoms with Gasteiger partial charge in [-0.05, 0) is 63.0 Å². The Hall–Kier alpha value is -1.34. The number of hydrogen-bond donors (Lipinski definition) is 0. The fraction of sp³-hybridized carbons (Fsp3) is 0.417. The zero-order valence-corrected chi connectivity index (χ0v) is 20.6. The molecule has 2 fully saturated rings. The number of rotatable bonds is 7. The van der Waals surface area contributed by atoms with Crippen molar-refractivity contribution in [3.05, 3.63) is 59.7 Å². The predicted octanol–water partition coefficient (Wildman–Crippen LogP) is 5.07. The van der Waals surface area contributed by atoms with E-state index in [9.17, 15) is 9.59 Å². The molecule has 4 rings (SSSR count). The summed E-state index contributed by atoms with van der Waals surface area (Å²) in [7, 11) is 0. The van der Waals surface area contributed by atoms with Crippen LogP contribution in [0.15, 0.2) is 48.5 Å². The number of hydrogen-bond acceptors (Lipinski definition) is 4. The van der Waals surface area contributed by atoms with Crippen molar-refractivity contribution in [1.82, 2.24) is 9.80 Å². The second kappa shape index (κ2) is 11.9. The largest absolute Gasteiger partial charge is 0.296 e. The topological polar surface area (TPSA) is 40.6 Å². The van der Waals surface area contributed by atoms with E-state index in [0.29, 0.717) is 13.1 Å². The molecule has 30 heavy (non-hydrogen) atoms. The summed E-state index contributed by atoms with van der Waals surface area (Å²) in [5, 5.41) is 0. The van der Waals surface area contributed by atoms with Gasteiger partial charge in [0, 0.05) is 11.1 Å². The smallest absolute Gasteiger partial charge is 0.176 e. The summed E-state index contributed by atoms with van der Waals surface area (Å²) in [4.78, 5) is 29.3. The molecular weight excluding hydrogens is 508 g/mol. The van der Waals surface area contributed by atoms with Crippen LogP contribution in [0, 0.1) is 0 Å². The van der Waals surface area contributed by atoms with E-state index >= 15 is 0 Å². The van der Waals surface area contributed by atoms with E-state index in [1.165, 1.54) is 25.7 Å². The highest BCUT2D eigenvalue weighted by atomic mass is 79.9. The first-order valence-electron chi connectivity index (χ1n) is 10.4. The number of carbonyl (C=O) groups excluding carboxylic acids is 2. The summed E-state index contributed by atoms with van der Waals surface area (Å²) < 4.78 is 0. The summed E-state index contributed by atoms with van der Waals surface area (Å²) in [5.74, 6) is 0.382. The summed E-state index contributed by atoms with van der Waals surface area (Å²) in [5.41, 5.74) is 3.67. The average molecular weight is 538 g/mol. The fourth-order valence-corrected chi connectivity index (χ4v) is 4.17. The van der Waals surface area contributed by atoms with Crippen LogP contribution in [-0.4, -0.2) is 60.6 Å². The monoisotopic (exact) mass is 536 g/mol. The van der Waals surface area contributed by atoms with Crippen LogP contribution in [0.3, 0.4) is 0 Å². The van der Waals surface area contributed by atoms with Gasteiger partial charge in [-0.2, -0.15) is 0 Å². The standard InChI is InChI=1S/C24H28N2O2.2BrH/c27-23(17-25-13-1-2-14-25)21-9-5-19(6-10-21)20-7-11-22(12-8-20)24(28)18-26-15-3-4-16-26;;/h5-12H,1-4,13-18H2;2*1H. The number of carbonyl (C=O) groups is 2. The molecular formula is C24H30Br2N2O2. The van der Waals surface area contributed by atoms with Crippen molar-refractivity contribution in [1.29, 1.82) is 0 Å². The van der Waals surface area contributed by atoms with E-state index in [1.54, 1.807) is 0 Å². The molecule has 162 valence electrons. The molecule has 0 bridgehead atoms. The second-order valence-electron chi connectivity index (χ2n) is 7.97. The molecule has 0 aromatic heterocycles. The van der Waals surface area contributed by atoms with Crippen molar-refractivity contribution in [2.24, 2.45) is 0 Å². The van der Waals surface area contributed by atoms with Gasteiger partial charge < -0.3 is 0 Å². The molecule has 0 N–H and O–H groups in total. The average Bonchev–Trinajstić information content (AvgIpc) is 3.42. The summed E-state index contributed by atoms with van der Waals surface area (Å²) in [6, 6.07) is 15.7. The van der Waals surface area contributed by atoms with Gasteiger partial charge in [0.25, 0.3) is 0 Å². The number of benzene rings is 2. The molecule has 4 nitrogen and oxygen atoms in total. The van der Waals surface area contributed by atoms with E-state index in [-0.39, 0.29) is 45.5 Å². The minimum atomic E-state index is 0. The Morgan fingerprint density at radius 3 is 1.17 bits per heavy atom. The third-order valence-corrected chi connectivity index (χ3v) is 5.88. The molecule has 0 amide bonds. The van der Waals surface area contributed by atoms with Crippen molar-refractivity contribution in [3.8, 4) is 11.1 Å². The van der Waals surface area contributed by atoms with Gasteiger partial charge in [-0.1, -0.05) is 48.5 Å². The van der Waals surface area contributed by atoms with Crippen LogP contribution in [0.25, 0.3) is 11.1 Å². The number of halogens is 2. The quantitative estimate of drug-likeness (QED) is 0.462. The van der Waals surface area contributed by atoms with Gasteiger partial charge in [0.05, 0.1) is 13.1 Å². The lowest BCUT2D eigenvalue weighted by atomic mass is 10.00. The van der Waals surface area contributed by atoms with Crippen LogP contribution in [-0.2, 0) is 0 Å². The maximum absolute atomic E-state index is 12.4. The summed E-state index contributed by atoms with van der Waals surface area (Å²) in [6.07, 6.45) is 4.79. The highest BCUT2D eigenvalue weighted by Crippen LogP contribution is 2.21. The number of likely N-dealkylation sites (tertiary alicyclic amines) is 2. The Kier molecular flexibility index (Phi) is 9.88. The minimum Gasteiger partial charge on any atom is -0.296 e. The molecule has 2 aromatic carbocycles. The number of ketones is 2. The van der Waals surface area contributed by atoms with E-state index in [1.807, 2.05) is 48.5 Å². The number of Topliss-reactive ketones (excluding diaryl/α,β-unsaturated/α-hetero) is 2. The molecule has 0 spiro atoms. The molecule has 2 aliphatic heterocycles. The highest BCUT2D eigenvalue weighted by molar-refractivity contribution is 8.93. The molecule has 0 saturated carbocycles. The van der Waals surface area contributed by atoms with Crippen molar-refractivity contribution in [3.63, 3.8) is 0 Å². The lowest BCUT2D eigenvalue weighted by Crippen LogP contribution is -2.26. The zero-order chi connectivity index (χ0) is 19.3. The summed E-state index contributed by atoms with van der Waals surface area (Å²) in [6.45, 7) is 5.18. The van der Waals surface area contributed by atoms with Gasteiger partial charge in [0.15, 0.2) is 11.6 Å². The van der Waals surface area contributed by atoms with Gasteiger partial charge in [0.1, 0.15) is 0 Å². The maximum atomic E-state index is 12.4. The zero-order valence-electron chi connectivity index (χ0n) is 17.2. The lowest BCUT2D eigenvalue weighted by Gasteiger charge is -2.14. The Labute approximate surface area is 200 Å². The van der Waals surface area contributed by atoms with Crippen molar-refractivity contribution in [2.45, 2.75) is 25.7 Å². The van der Waals surface area contributed by atoms with E-state index in [4.69, 9.17) is 0 Å². The Bertz CT molecular complexity index is 754. The first-order chi connectivity index (χ1) is 13.7. The van der Waals surface area contributed by atoms with Crippen molar-refractivity contribution < 1.29 is 9.59 Å². The van der Waals surface area contributed by atoms with E-state index in [2.05, 4.69) is 9.80 Å². The molecule has 2 heterocycles. The Balaban J connectivity index is 0.00000160. The SMILES string of the molecule is Br.Br.O=C(CN1CCCC1)c1ccc(-c2ccc(C(=O)CN3CCCC3)cc2)cc1. The van der Waals surface area contributed by atoms with Gasteiger partial charge >= 0.3 is 0 Å². The molecule has 2 saturated heterocycles. The van der Waals surface area contributed by atoms with Gasteiger partial charge in [-0.25, -0.2) is 0 Å². The molecule has 6 heteroatoms. The molecule has 0 atom stereocenters. The first kappa shape index (κ1) is 24.9. The minimum absolute atomic E-state index is 0. The molecule has 2 aliphatic rings. The fourth-order valence-electron chi connectivity index (χ4n) is 4.17. The molecule has 0 aliphatic carbocycles. The normalized spacial score (nSPS) is 16.7. The molecule has 0 radical (unpaired) electrons. The van der Waals surface area contributed by atoms with Gasteiger partial charge in [0.2, 0.25) is 0 Å². The molecule has 0 unspecified atom stereocenters. The highest BCUT2D eigenvalue weighted by Gasteiger charge is 2.17. The van der Waals surface area contributed by atoms with Crippen LogP contribution >= 0.6 is 34.0 Å². The maximum Gasteiger partial charge on any atom is 0.176 e. The van der Waals surface area contributed by atoms with Crippen molar-refractivity contribution >= 4 is 45.5 Å². The van der Waals surface area contributed by atoms with E-state index in [0.717, 1.165) is 48.4 Å². The van der Waals surface area contributed by atoms with Crippen LogP contribution in [0.1, 0.15) is 46.4 Å². The number of nitrogens with zero attached hydrogens (tertiary/aromatic N) is 2. The van der Waals surface area contributed by atoms with Crippen molar-refractivity contribution in [2.75, 3.05) is 39.3 Å².